The van der Waals surface area contributed by atoms with Crippen molar-refractivity contribution >= 4 is 33.3 Å². The number of thiazole rings is 1. The van der Waals surface area contributed by atoms with Crippen molar-refractivity contribution in [2.45, 2.75) is 23.3 Å². The number of benzene rings is 2. The maximum atomic E-state index is 4.67. The molecule has 0 aliphatic heterocycles. The fourth-order valence-corrected chi connectivity index (χ4v) is 4.53. The average Bonchev–Trinajstić information content (AvgIpc) is 3.12. The molecule has 0 unspecified atom stereocenters. The van der Waals surface area contributed by atoms with E-state index in [0.717, 1.165) is 26.5 Å². The van der Waals surface area contributed by atoms with Crippen LogP contribution in [-0.2, 0) is 0 Å². The lowest BCUT2D eigenvalue weighted by Crippen LogP contribution is -2.01. The van der Waals surface area contributed by atoms with E-state index in [1.165, 1.54) is 10.3 Å². The molecule has 0 radical (unpaired) electrons. The highest BCUT2D eigenvalue weighted by atomic mass is 32.2. The van der Waals surface area contributed by atoms with Crippen LogP contribution in [0.2, 0.25) is 0 Å². The molecule has 0 fully saturated rings. The summed E-state index contributed by atoms with van der Waals surface area (Å²) in [6.07, 6.45) is 0. The van der Waals surface area contributed by atoms with Gasteiger partial charge in [0.2, 0.25) is 5.16 Å². The van der Waals surface area contributed by atoms with Gasteiger partial charge in [0.25, 0.3) is 0 Å². The van der Waals surface area contributed by atoms with Crippen molar-refractivity contribution in [2.75, 3.05) is 0 Å². The minimum absolute atomic E-state index is 0.843. The second kappa shape index (κ2) is 5.79. The Morgan fingerprint density at radius 1 is 0.957 bits per heavy atom. The van der Waals surface area contributed by atoms with E-state index < -0.39 is 0 Å². The van der Waals surface area contributed by atoms with E-state index in [4.69, 9.17) is 0 Å². The second-order valence-corrected chi connectivity index (χ2v) is 7.45. The Kier molecular flexibility index (Phi) is 3.63. The Hall–Kier alpha value is -2.18. The highest BCUT2D eigenvalue weighted by Crippen LogP contribution is 2.35. The zero-order valence-corrected chi connectivity index (χ0v) is 14.4. The number of nitrogens with zero attached hydrogens (tertiary/aromatic N) is 4. The monoisotopic (exact) mass is 338 g/mol. The molecule has 4 aromatic rings. The second-order valence-electron chi connectivity index (χ2n) is 5.20. The Morgan fingerprint density at radius 2 is 1.74 bits per heavy atom. The average molecular weight is 338 g/mol. The Bertz CT molecular complexity index is 954. The van der Waals surface area contributed by atoms with Gasteiger partial charge in [0.1, 0.15) is 5.82 Å². The van der Waals surface area contributed by atoms with E-state index in [0.29, 0.717) is 0 Å². The molecule has 23 heavy (non-hydrogen) atoms. The normalized spacial score (nSPS) is 11.2. The highest BCUT2D eigenvalue weighted by Gasteiger charge is 2.15. The van der Waals surface area contributed by atoms with Crippen LogP contribution in [0.25, 0.3) is 15.9 Å². The maximum absolute atomic E-state index is 4.67. The Labute approximate surface area is 142 Å². The van der Waals surface area contributed by atoms with Crippen molar-refractivity contribution in [2.24, 2.45) is 0 Å². The van der Waals surface area contributed by atoms with Crippen LogP contribution >= 0.6 is 23.1 Å². The van der Waals surface area contributed by atoms with Gasteiger partial charge < -0.3 is 0 Å². The van der Waals surface area contributed by atoms with E-state index in [-0.39, 0.29) is 0 Å². The summed E-state index contributed by atoms with van der Waals surface area (Å²) in [7, 11) is 0. The molecule has 0 aliphatic rings. The zero-order valence-electron chi connectivity index (χ0n) is 12.7. The molecule has 114 valence electrons. The van der Waals surface area contributed by atoms with Crippen molar-refractivity contribution in [1.82, 2.24) is 19.7 Å². The summed E-state index contributed by atoms with van der Waals surface area (Å²) >= 11 is 3.24. The summed E-state index contributed by atoms with van der Waals surface area (Å²) in [5.41, 5.74) is 3.33. The van der Waals surface area contributed by atoms with Crippen LogP contribution in [0.5, 0.6) is 0 Å². The number of aryl methyl sites for hydroxylation is 2. The van der Waals surface area contributed by atoms with E-state index in [1.54, 1.807) is 23.1 Å². The summed E-state index contributed by atoms with van der Waals surface area (Å²) in [5.74, 6) is 0.878. The molecule has 2 heterocycles. The van der Waals surface area contributed by atoms with Gasteiger partial charge in [0, 0.05) is 0 Å². The number of aromatic nitrogens is 4. The van der Waals surface area contributed by atoms with Gasteiger partial charge in [-0.2, -0.15) is 0 Å². The highest BCUT2D eigenvalue weighted by molar-refractivity contribution is 8.01. The summed E-state index contributed by atoms with van der Waals surface area (Å²) in [6.45, 7) is 4.07. The van der Waals surface area contributed by atoms with Gasteiger partial charge >= 0.3 is 0 Å². The van der Waals surface area contributed by atoms with Crippen LogP contribution in [-0.4, -0.2) is 19.7 Å². The first kappa shape index (κ1) is 14.4. The molecule has 2 aromatic heterocycles. The van der Waals surface area contributed by atoms with Gasteiger partial charge in [-0.25, -0.2) is 4.98 Å². The van der Waals surface area contributed by atoms with Crippen molar-refractivity contribution < 1.29 is 0 Å². The van der Waals surface area contributed by atoms with Gasteiger partial charge in [0.15, 0.2) is 4.34 Å². The number of fused-ring (bicyclic) bond motifs is 1. The molecule has 0 amide bonds. The van der Waals surface area contributed by atoms with Gasteiger partial charge in [-0.3, -0.25) is 4.57 Å². The smallest absolute Gasteiger partial charge is 0.202 e. The fourth-order valence-electron chi connectivity index (χ4n) is 2.47. The number of hydrogen-bond acceptors (Lipinski definition) is 5. The predicted octanol–water partition coefficient (Wildman–Crippen LogP) is 4.65. The minimum atomic E-state index is 0.843. The first-order chi connectivity index (χ1) is 11.2. The van der Waals surface area contributed by atoms with E-state index in [9.17, 15) is 0 Å². The van der Waals surface area contributed by atoms with Gasteiger partial charge in [-0.05, 0) is 49.4 Å². The van der Waals surface area contributed by atoms with E-state index in [2.05, 4.69) is 44.9 Å². The molecule has 6 heteroatoms. The van der Waals surface area contributed by atoms with Crippen molar-refractivity contribution in [3.8, 4) is 5.69 Å². The van der Waals surface area contributed by atoms with Crippen LogP contribution < -0.4 is 0 Å². The lowest BCUT2D eigenvalue weighted by atomic mass is 10.2. The first-order valence-corrected chi connectivity index (χ1v) is 8.87. The van der Waals surface area contributed by atoms with Crippen LogP contribution in [0, 0.1) is 13.8 Å². The fraction of sp³-hybridized carbons (Fsp3) is 0.118. The van der Waals surface area contributed by atoms with Gasteiger partial charge in [-0.15, -0.1) is 21.5 Å². The SMILES string of the molecule is Cc1ccccc1-n1c(C)nnc1Sc1nc2ccccc2s1. The zero-order chi connectivity index (χ0) is 15.8. The summed E-state index contributed by atoms with van der Waals surface area (Å²) < 4.78 is 4.26. The molecule has 4 nitrogen and oxygen atoms in total. The van der Waals surface area contributed by atoms with Crippen LogP contribution in [0.4, 0.5) is 0 Å². The quantitative estimate of drug-likeness (QED) is 0.545. The van der Waals surface area contributed by atoms with Gasteiger partial charge in [0.05, 0.1) is 15.9 Å². The summed E-state index contributed by atoms with van der Waals surface area (Å²) in [4.78, 5) is 4.67. The molecule has 0 atom stereocenters. The molecule has 0 spiro atoms. The van der Waals surface area contributed by atoms with Crippen molar-refractivity contribution in [3.63, 3.8) is 0 Å². The van der Waals surface area contributed by atoms with Crippen LogP contribution in [0.3, 0.4) is 0 Å². The summed E-state index contributed by atoms with van der Waals surface area (Å²) in [5, 5.41) is 9.44. The molecule has 2 aromatic carbocycles. The van der Waals surface area contributed by atoms with E-state index >= 15 is 0 Å². The summed E-state index contributed by atoms with van der Waals surface area (Å²) in [6, 6.07) is 16.4. The maximum Gasteiger partial charge on any atom is 0.202 e. The third kappa shape index (κ3) is 2.64. The molecule has 0 bridgehead atoms. The largest absolute Gasteiger partial charge is 0.274 e. The van der Waals surface area contributed by atoms with Crippen molar-refractivity contribution in [3.05, 3.63) is 59.9 Å². The molecule has 0 N–H and O–H groups in total. The number of rotatable bonds is 3. The molecule has 4 rings (SSSR count). The molecule has 0 aliphatic carbocycles. The lowest BCUT2D eigenvalue weighted by molar-refractivity contribution is 0.861. The molecule has 0 saturated heterocycles. The van der Waals surface area contributed by atoms with Crippen molar-refractivity contribution in [1.29, 1.82) is 0 Å². The molecule has 0 saturated carbocycles. The van der Waals surface area contributed by atoms with Gasteiger partial charge in [-0.1, -0.05) is 30.3 Å². The molecular weight excluding hydrogens is 324 g/mol. The predicted molar refractivity (Wildman–Crippen MR) is 94.6 cm³/mol. The first-order valence-electron chi connectivity index (χ1n) is 7.24. The standard InChI is InChI=1S/C17H14N4S2/c1-11-7-3-5-9-14(11)21-12(2)19-20-16(21)23-17-18-13-8-4-6-10-15(13)22-17/h3-10H,1-2H3. The lowest BCUT2D eigenvalue weighted by Gasteiger charge is -2.10. The third-order valence-electron chi connectivity index (χ3n) is 3.60. The third-order valence-corrected chi connectivity index (χ3v) is 5.65. The minimum Gasteiger partial charge on any atom is -0.274 e. The Balaban J connectivity index is 1.77. The van der Waals surface area contributed by atoms with E-state index in [1.807, 2.05) is 37.3 Å². The Morgan fingerprint density at radius 3 is 2.57 bits per heavy atom. The number of hydrogen-bond donors (Lipinski definition) is 0. The van der Waals surface area contributed by atoms with Crippen LogP contribution in [0.1, 0.15) is 11.4 Å². The van der Waals surface area contributed by atoms with Crippen LogP contribution in [0.15, 0.2) is 58.0 Å². The molecular formula is C17H14N4S2. The topological polar surface area (TPSA) is 43.6 Å². The number of para-hydroxylation sites is 2.